The molecule has 0 atom stereocenters. The van der Waals surface area contributed by atoms with Gasteiger partial charge in [-0.2, -0.15) is 0 Å². The molecule has 0 aromatic heterocycles. The largest absolute Gasteiger partial charge is 0.379 e. The van der Waals surface area contributed by atoms with Crippen LogP contribution >= 0.6 is 22.6 Å². The van der Waals surface area contributed by atoms with Crippen molar-refractivity contribution in [3.05, 3.63) is 10.4 Å². The van der Waals surface area contributed by atoms with E-state index in [9.17, 15) is 4.79 Å². The number of ketones is 1. The average Bonchev–Trinajstić information content (AvgIpc) is 2.71. The molecule has 0 radical (unpaired) electrons. The molecule has 0 spiro atoms. The van der Waals surface area contributed by atoms with E-state index in [-0.39, 0.29) is 5.78 Å². The normalized spacial score (nSPS) is 10.8. The second-order valence-corrected chi connectivity index (χ2v) is 6.17. The molecule has 0 amide bonds. The summed E-state index contributed by atoms with van der Waals surface area (Å²) in [6.45, 7) is 6.35. The molecular weight excluding hydrogens is 485 g/mol. The third kappa shape index (κ3) is 23.5. The molecule has 0 aromatic carbocycles. The molecule has 164 valence electrons. The zero-order chi connectivity index (χ0) is 20.5. The second kappa shape index (κ2) is 24.5. The van der Waals surface area contributed by atoms with Crippen molar-refractivity contribution >= 4 is 28.4 Å². The number of azide groups is 1. The van der Waals surface area contributed by atoms with Gasteiger partial charge in [0.15, 0.2) is 0 Å². The van der Waals surface area contributed by atoms with Gasteiger partial charge in [0.25, 0.3) is 0 Å². The van der Waals surface area contributed by atoms with E-state index < -0.39 is 0 Å². The van der Waals surface area contributed by atoms with Gasteiger partial charge in [-0.05, 0) is 12.0 Å². The lowest BCUT2D eigenvalue weighted by molar-refractivity contribution is -0.116. The van der Waals surface area contributed by atoms with Crippen LogP contribution in [0.1, 0.15) is 12.8 Å². The van der Waals surface area contributed by atoms with Gasteiger partial charge in [-0.3, -0.25) is 4.79 Å². The maximum absolute atomic E-state index is 11.1. The Labute approximate surface area is 180 Å². The number of alkyl halides is 1. The number of Topliss-reactive ketones (excluding diaryl/α,β-unsaturated/α-hetero) is 1. The van der Waals surface area contributed by atoms with Crippen molar-refractivity contribution in [2.75, 3.05) is 90.3 Å². The van der Waals surface area contributed by atoms with Gasteiger partial charge in [-0.25, -0.2) is 0 Å². The van der Waals surface area contributed by atoms with Crippen LogP contribution in [0.15, 0.2) is 5.11 Å². The van der Waals surface area contributed by atoms with Crippen LogP contribution in [0.25, 0.3) is 10.4 Å². The fourth-order valence-corrected chi connectivity index (χ4v) is 2.17. The van der Waals surface area contributed by atoms with Gasteiger partial charge in [0.05, 0.1) is 77.1 Å². The van der Waals surface area contributed by atoms with Crippen molar-refractivity contribution in [1.29, 1.82) is 0 Å². The number of nitrogens with zero attached hydrogens (tertiary/aromatic N) is 3. The van der Waals surface area contributed by atoms with Crippen LogP contribution in [0.5, 0.6) is 0 Å². The first kappa shape index (κ1) is 27.5. The van der Waals surface area contributed by atoms with Gasteiger partial charge in [0, 0.05) is 24.5 Å². The molecular formula is C17H32IN3O7. The van der Waals surface area contributed by atoms with E-state index >= 15 is 0 Å². The third-order valence-corrected chi connectivity index (χ3v) is 4.00. The van der Waals surface area contributed by atoms with E-state index in [4.69, 9.17) is 34.0 Å². The lowest BCUT2D eigenvalue weighted by atomic mass is 10.2. The first-order valence-corrected chi connectivity index (χ1v) is 10.9. The molecule has 0 bridgehead atoms. The summed E-state index contributed by atoms with van der Waals surface area (Å²) in [5.74, 6) is 0.263. The summed E-state index contributed by atoms with van der Waals surface area (Å²) in [5.41, 5.74) is 8.08. The van der Waals surface area contributed by atoms with Gasteiger partial charge < -0.3 is 28.4 Å². The monoisotopic (exact) mass is 517 g/mol. The molecule has 0 saturated heterocycles. The van der Waals surface area contributed by atoms with Crippen LogP contribution in [0.2, 0.25) is 0 Å². The Morgan fingerprint density at radius 3 is 1.50 bits per heavy atom. The first-order chi connectivity index (χ1) is 13.8. The van der Waals surface area contributed by atoms with E-state index in [0.29, 0.717) is 96.7 Å². The van der Waals surface area contributed by atoms with Crippen molar-refractivity contribution in [1.82, 2.24) is 0 Å². The minimum absolute atomic E-state index is 0.263. The highest BCUT2D eigenvalue weighted by atomic mass is 127. The number of carbonyl (C=O) groups excluding carboxylic acids is 1. The van der Waals surface area contributed by atoms with Gasteiger partial charge in [-0.15, -0.1) is 0 Å². The summed E-state index contributed by atoms with van der Waals surface area (Å²) in [5, 5.41) is 3.36. The van der Waals surface area contributed by atoms with Crippen LogP contribution in [0.3, 0.4) is 0 Å². The third-order valence-electron chi connectivity index (χ3n) is 3.15. The van der Waals surface area contributed by atoms with E-state index in [0.717, 1.165) is 6.42 Å². The van der Waals surface area contributed by atoms with E-state index in [1.165, 1.54) is 0 Å². The van der Waals surface area contributed by atoms with Gasteiger partial charge in [0.1, 0.15) is 5.78 Å². The summed E-state index contributed by atoms with van der Waals surface area (Å²) in [4.78, 5) is 13.7. The number of hydrogen-bond acceptors (Lipinski definition) is 8. The van der Waals surface area contributed by atoms with Crippen LogP contribution in [0, 0.1) is 0 Å². The van der Waals surface area contributed by atoms with Gasteiger partial charge in [-0.1, -0.05) is 27.7 Å². The highest BCUT2D eigenvalue weighted by Gasteiger charge is 1.98. The predicted molar refractivity (Wildman–Crippen MR) is 112 cm³/mol. The Kier molecular flexibility index (Phi) is 24.0. The molecule has 28 heavy (non-hydrogen) atoms. The van der Waals surface area contributed by atoms with Crippen molar-refractivity contribution in [3.63, 3.8) is 0 Å². The average molecular weight is 517 g/mol. The Balaban J connectivity index is 3.03. The summed E-state index contributed by atoms with van der Waals surface area (Å²) < 4.78 is 32.6. The summed E-state index contributed by atoms with van der Waals surface area (Å²) in [7, 11) is 0. The highest BCUT2D eigenvalue weighted by Crippen LogP contribution is 1.95. The van der Waals surface area contributed by atoms with Crippen molar-refractivity contribution < 1.29 is 33.2 Å². The topological polar surface area (TPSA) is 121 Å². The molecule has 0 aliphatic heterocycles. The number of ether oxygens (including phenoxy) is 6. The van der Waals surface area contributed by atoms with Gasteiger partial charge in [0.2, 0.25) is 0 Å². The van der Waals surface area contributed by atoms with Crippen molar-refractivity contribution in [2.24, 2.45) is 5.11 Å². The molecule has 0 aliphatic rings. The fourth-order valence-electron chi connectivity index (χ4n) is 1.79. The first-order valence-electron chi connectivity index (χ1n) is 9.36. The molecule has 0 N–H and O–H groups in total. The lowest BCUT2D eigenvalue weighted by Gasteiger charge is -2.08. The minimum Gasteiger partial charge on any atom is -0.379 e. The summed E-state index contributed by atoms with van der Waals surface area (Å²) in [6.07, 6.45) is 1.35. The van der Waals surface area contributed by atoms with Crippen molar-refractivity contribution in [2.45, 2.75) is 12.8 Å². The van der Waals surface area contributed by atoms with Crippen LogP contribution < -0.4 is 0 Å². The number of carbonyl (C=O) groups is 1. The minimum atomic E-state index is 0.263. The highest BCUT2D eigenvalue weighted by molar-refractivity contribution is 14.1. The lowest BCUT2D eigenvalue weighted by Crippen LogP contribution is -2.14. The molecule has 0 unspecified atom stereocenters. The van der Waals surface area contributed by atoms with Crippen LogP contribution in [0.4, 0.5) is 0 Å². The number of rotatable bonds is 23. The SMILES string of the molecule is [N-]=[N+]=NCCOCCOCCOCCOCCOCCOCCCC(=O)CI. The smallest absolute Gasteiger partial charge is 0.142 e. The van der Waals surface area contributed by atoms with E-state index in [1.54, 1.807) is 0 Å². The fraction of sp³-hybridized carbons (Fsp3) is 0.941. The summed E-state index contributed by atoms with van der Waals surface area (Å²) in [6, 6.07) is 0. The summed E-state index contributed by atoms with van der Waals surface area (Å²) >= 11 is 2.07. The Morgan fingerprint density at radius 1 is 0.714 bits per heavy atom. The van der Waals surface area contributed by atoms with Crippen LogP contribution in [-0.2, 0) is 33.2 Å². The van der Waals surface area contributed by atoms with Crippen LogP contribution in [-0.4, -0.2) is 96.0 Å². The number of halogens is 1. The maximum atomic E-state index is 11.1. The Bertz CT molecular complexity index is 399. The molecule has 0 aliphatic carbocycles. The van der Waals surface area contributed by atoms with Gasteiger partial charge >= 0.3 is 0 Å². The molecule has 0 fully saturated rings. The van der Waals surface area contributed by atoms with E-state index in [1.807, 2.05) is 0 Å². The molecule has 0 saturated carbocycles. The number of hydrogen-bond donors (Lipinski definition) is 0. The molecule has 11 heteroatoms. The maximum Gasteiger partial charge on any atom is 0.142 e. The molecule has 0 heterocycles. The standard InChI is InChI=1S/C17H32IN3O7/c18-16-17(22)2-1-4-23-6-8-25-10-12-27-14-15-28-13-11-26-9-7-24-5-3-20-21-19/h1-16H2. The van der Waals surface area contributed by atoms with Crippen molar-refractivity contribution in [3.8, 4) is 0 Å². The second-order valence-electron chi connectivity index (χ2n) is 5.40. The zero-order valence-corrected chi connectivity index (χ0v) is 18.5. The predicted octanol–water partition coefficient (Wildman–Crippen LogP) is 2.18. The zero-order valence-electron chi connectivity index (χ0n) is 16.4. The molecule has 0 rings (SSSR count). The Morgan fingerprint density at radius 2 is 1.11 bits per heavy atom. The quantitative estimate of drug-likeness (QED) is 0.0509. The van der Waals surface area contributed by atoms with E-state index in [2.05, 4.69) is 32.6 Å². The molecule has 10 nitrogen and oxygen atoms in total. The Hall–Kier alpha value is -0.530. The molecule has 0 aromatic rings.